The molecular formula is C5H9NO. The monoisotopic (exact) mass is 99.1 g/mol. The van der Waals surface area contributed by atoms with E-state index in [-0.39, 0.29) is 6.04 Å². The number of hydrogen-bond acceptors (Lipinski definition) is 2. The standard InChI is InChI=1S/C5H9NO/c1-3-5(2)6-4-7/h5H,3H2,1-2H3/t5-/m0/s1. The molecule has 0 N–H and O–H groups in total. The summed E-state index contributed by atoms with van der Waals surface area (Å²) in [6, 6.07) is 0.150. The average molecular weight is 99.1 g/mol. The predicted molar refractivity (Wildman–Crippen MR) is 27.9 cm³/mol. The molecule has 0 aliphatic heterocycles. The largest absolute Gasteiger partial charge is 0.235 e. The van der Waals surface area contributed by atoms with Gasteiger partial charge in [-0.15, -0.1) is 0 Å². The normalized spacial score (nSPS) is 12.3. The number of carbonyl (C=O) groups excluding carboxylic acids is 1. The van der Waals surface area contributed by atoms with Crippen LogP contribution in [0.15, 0.2) is 4.99 Å². The minimum atomic E-state index is 0.150. The highest BCUT2D eigenvalue weighted by Gasteiger charge is 1.88. The molecule has 0 rings (SSSR count). The third-order valence-electron chi connectivity index (χ3n) is 0.864. The van der Waals surface area contributed by atoms with E-state index in [1.54, 1.807) is 0 Å². The first-order chi connectivity index (χ1) is 3.31. The van der Waals surface area contributed by atoms with E-state index in [4.69, 9.17) is 0 Å². The molecule has 0 unspecified atom stereocenters. The van der Waals surface area contributed by atoms with Crippen molar-refractivity contribution in [3.8, 4) is 0 Å². The number of rotatable bonds is 2. The topological polar surface area (TPSA) is 29.4 Å². The Morgan fingerprint density at radius 1 is 1.86 bits per heavy atom. The second kappa shape index (κ2) is 3.57. The van der Waals surface area contributed by atoms with E-state index in [1.165, 1.54) is 6.08 Å². The maximum absolute atomic E-state index is 9.48. The van der Waals surface area contributed by atoms with Gasteiger partial charge in [-0.1, -0.05) is 6.92 Å². The lowest BCUT2D eigenvalue weighted by Crippen LogP contribution is -1.91. The van der Waals surface area contributed by atoms with Gasteiger partial charge in [-0.3, -0.25) is 0 Å². The molecule has 0 saturated carbocycles. The summed E-state index contributed by atoms with van der Waals surface area (Å²) in [6.07, 6.45) is 2.41. The summed E-state index contributed by atoms with van der Waals surface area (Å²) >= 11 is 0. The fourth-order valence-corrected chi connectivity index (χ4v) is 0.181. The Hall–Kier alpha value is -0.620. The maximum atomic E-state index is 9.48. The van der Waals surface area contributed by atoms with Gasteiger partial charge < -0.3 is 0 Å². The van der Waals surface area contributed by atoms with Crippen LogP contribution in [0.3, 0.4) is 0 Å². The average Bonchev–Trinajstić information content (AvgIpc) is 1.68. The van der Waals surface area contributed by atoms with Gasteiger partial charge in [0.15, 0.2) is 0 Å². The van der Waals surface area contributed by atoms with Crippen molar-refractivity contribution in [1.82, 2.24) is 0 Å². The molecule has 0 bridgehead atoms. The number of aliphatic imine (C=N–C) groups is 1. The van der Waals surface area contributed by atoms with Gasteiger partial charge in [0.2, 0.25) is 6.08 Å². The van der Waals surface area contributed by atoms with Crippen LogP contribution in [0.4, 0.5) is 0 Å². The molecule has 0 aliphatic carbocycles. The second-order valence-electron chi connectivity index (χ2n) is 1.48. The molecule has 1 atom stereocenters. The van der Waals surface area contributed by atoms with E-state index in [0.717, 1.165) is 6.42 Å². The van der Waals surface area contributed by atoms with Gasteiger partial charge in [0.05, 0.1) is 6.04 Å². The Kier molecular flexibility index (Phi) is 3.25. The Balaban J connectivity index is 3.35. The van der Waals surface area contributed by atoms with Crippen LogP contribution in [0, 0.1) is 0 Å². The van der Waals surface area contributed by atoms with Crippen molar-refractivity contribution in [3.05, 3.63) is 0 Å². The number of isocyanates is 1. The van der Waals surface area contributed by atoms with Crippen molar-refractivity contribution >= 4 is 6.08 Å². The zero-order valence-corrected chi connectivity index (χ0v) is 4.64. The number of nitrogens with zero attached hydrogens (tertiary/aromatic N) is 1. The molecule has 0 aromatic carbocycles. The summed E-state index contributed by atoms with van der Waals surface area (Å²) in [6.45, 7) is 3.86. The van der Waals surface area contributed by atoms with Crippen LogP contribution < -0.4 is 0 Å². The first-order valence-electron chi connectivity index (χ1n) is 2.38. The van der Waals surface area contributed by atoms with E-state index in [1.807, 2.05) is 13.8 Å². The third-order valence-corrected chi connectivity index (χ3v) is 0.864. The molecule has 2 heteroatoms. The quantitative estimate of drug-likeness (QED) is 0.377. The van der Waals surface area contributed by atoms with Crippen LogP contribution in [0.1, 0.15) is 20.3 Å². The highest BCUT2D eigenvalue weighted by molar-refractivity contribution is 5.33. The Morgan fingerprint density at radius 2 is 2.43 bits per heavy atom. The minimum absolute atomic E-state index is 0.150. The van der Waals surface area contributed by atoms with Crippen molar-refractivity contribution in [1.29, 1.82) is 0 Å². The molecule has 0 aromatic heterocycles. The first kappa shape index (κ1) is 6.38. The molecule has 0 fully saturated rings. The van der Waals surface area contributed by atoms with Gasteiger partial charge in [0.1, 0.15) is 0 Å². The van der Waals surface area contributed by atoms with Crippen LogP contribution in [0.5, 0.6) is 0 Å². The molecule has 2 nitrogen and oxygen atoms in total. The van der Waals surface area contributed by atoms with Gasteiger partial charge in [-0.05, 0) is 13.3 Å². The third kappa shape index (κ3) is 3.20. The van der Waals surface area contributed by atoms with Crippen molar-refractivity contribution in [2.24, 2.45) is 4.99 Å². The summed E-state index contributed by atoms with van der Waals surface area (Å²) in [5, 5.41) is 0. The zero-order valence-electron chi connectivity index (χ0n) is 4.64. The lowest BCUT2D eigenvalue weighted by Gasteiger charge is -1.91. The highest BCUT2D eigenvalue weighted by Crippen LogP contribution is 1.90. The van der Waals surface area contributed by atoms with E-state index >= 15 is 0 Å². The van der Waals surface area contributed by atoms with E-state index in [9.17, 15) is 4.79 Å². The smallest absolute Gasteiger partial charge is 0.211 e. The van der Waals surface area contributed by atoms with Crippen molar-refractivity contribution in [2.45, 2.75) is 26.3 Å². The summed E-state index contributed by atoms with van der Waals surface area (Å²) in [7, 11) is 0. The lowest BCUT2D eigenvalue weighted by atomic mass is 10.3. The van der Waals surface area contributed by atoms with Crippen molar-refractivity contribution < 1.29 is 4.79 Å². The van der Waals surface area contributed by atoms with Crippen molar-refractivity contribution in [3.63, 3.8) is 0 Å². The molecular weight excluding hydrogens is 90.1 g/mol. The zero-order chi connectivity index (χ0) is 5.70. The van der Waals surface area contributed by atoms with Gasteiger partial charge in [-0.2, -0.15) is 0 Å². The van der Waals surface area contributed by atoms with Gasteiger partial charge in [-0.25, -0.2) is 9.79 Å². The molecule has 7 heavy (non-hydrogen) atoms. The molecule has 0 saturated heterocycles. The Morgan fingerprint density at radius 3 is 2.57 bits per heavy atom. The molecule has 0 heterocycles. The highest BCUT2D eigenvalue weighted by atomic mass is 16.1. The number of hydrogen-bond donors (Lipinski definition) is 0. The first-order valence-corrected chi connectivity index (χ1v) is 2.38. The SMILES string of the molecule is CC[C@H](C)N=C=O. The Labute approximate surface area is 43.3 Å². The fourth-order valence-electron chi connectivity index (χ4n) is 0.181. The van der Waals surface area contributed by atoms with Crippen molar-refractivity contribution in [2.75, 3.05) is 0 Å². The van der Waals surface area contributed by atoms with E-state index < -0.39 is 0 Å². The summed E-state index contributed by atoms with van der Waals surface area (Å²) in [5.41, 5.74) is 0. The minimum Gasteiger partial charge on any atom is -0.211 e. The van der Waals surface area contributed by atoms with Crippen LogP contribution in [-0.4, -0.2) is 12.1 Å². The van der Waals surface area contributed by atoms with E-state index in [0.29, 0.717) is 0 Å². The van der Waals surface area contributed by atoms with Crippen LogP contribution in [0.25, 0.3) is 0 Å². The molecule has 0 radical (unpaired) electrons. The Bertz CT molecular complexity index is 84.1. The molecule has 0 aromatic rings. The van der Waals surface area contributed by atoms with E-state index in [2.05, 4.69) is 4.99 Å². The van der Waals surface area contributed by atoms with Gasteiger partial charge >= 0.3 is 0 Å². The second-order valence-corrected chi connectivity index (χ2v) is 1.48. The molecule has 40 valence electrons. The maximum Gasteiger partial charge on any atom is 0.235 e. The lowest BCUT2D eigenvalue weighted by molar-refractivity contribution is 0.557. The fraction of sp³-hybridized carbons (Fsp3) is 0.800. The van der Waals surface area contributed by atoms with Crippen LogP contribution in [-0.2, 0) is 4.79 Å². The molecule has 0 aliphatic rings. The van der Waals surface area contributed by atoms with Crippen LogP contribution in [0.2, 0.25) is 0 Å². The molecule has 0 spiro atoms. The van der Waals surface area contributed by atoms with Gasteiger partial charge in [0, 0.05) is 0 Å². The molecule has 0 amide bonds. The predicted octanol–water partition coefficient (Wildman–Crippen LogP) is 1.12. The van der Waals surface area contributed by atoms with Gasteiger partial charge in [0.25, 0.3) is 0 Å². The van der Waals surface area contributed by atoms with Crippen LogP contribution >= 0.6 is 0 Å². The summed E-state index contributed by atoms with van der Waals surface area (Å²) in [4.78, 5) is 12.9. The summed E-state index contributed by atoms with van der Waals surface area (Å²) in [5.74, 6) is 0. The summed E-state index contributed by atoms with van der Waals surface area (Å²) < 4.78 is 0.